The van der Waals surface area contributed by atoms with Crippen molar-refractivity contribution in [3.63, 3.8) is 0 Å². The normalized spacial score (nSPS) is 16.7. The van der Waals surface area contributed by atoms with E-state index in [1.54, 1.807) is 0 Å². The van der Waals surface area contributed by atoms with E-state index in [1.807, 2.05) is 12.1 Å². The van der Waals surface area contributed by atoms with Crippen molar-refractivity contribution < 1.29 is 5.11 Å². The molecule has 82 valence electrons. The third-order valence-corrected chi connectivity index (χ3v) is 3.34. The third-order valence-electron chi connectivity index (χ3n) is 3.34. The maximum Gasteiger partial charge on any atom is 0.0681 e. The number of aliphatic hydroxyl groups excluding tert-OH is 1. The van der Waals surface area contributed by atoms with Gasteiger partial charge in [-0.05, 0) is 31.0 Å². The first kappa shape index (κ1) is 10.7. The molecule has 1 aliphatic rings. The lowest BCUT2D eigenvalue weighted by atomic mass is 9.91. The molecule has 1 aromatic rings. The van der Waals surface area contributed by atoms with Gasteiger partial charge in [-0.15, -0.1) is 0 Å². The molecular formula is C13H19NO. The van der Waals surface area contributed by atoms with Crippen LogP contribution in [0, 0.1) is 0 Å². The number of hydrogen-bond acceptors (Lipinski definition) is 2. The predicted octanol–water partition coefficient (Wildman–Crippen LogP) is 2.16. The average Bonchev–Trinajstić information content (AvgIpc) is 2.16. The fourth-order valence-corrected chi connectivity index (χ4v) is 1.99. The third kappa shape index (κ3) is 2.58. The Hall–Kier alpha value is -0.860. The Balaban J connectivity index is 1.91. The molecule has 0 spiro atoms. The molecule has 15 heavy (non-hydrogen) atoms. The molecule has 1 aromatic carbocycles. The molecule has 0 unspecified atom stereocenters. The molecule has 0 aromatic heterocycles. The molecule has 0 radical (unpaired) electrons. The van der Waals surface area contributed by atoms with Crippen LogP contribution in [0.2, 0.25) is 0 Å². The molecule has 1 saturated carbocycles. The molecule has 2 heteroatoms. The SMILES string of the molecule is CN(Cc1ccc(CO)cc1)C1CCC1. The minimum absolute atomic E-state index is 0.138. The summed E-state index contributed by atoms with van der Waals surface area (Å²) in [4.78, 5) is 2.43. The number of nitrogens with zero attached hydrogens (tertiary/aromatic N) is 1. The van der Waals surface area contributed by atoms with Crippen LogP contribution in [0.4, 0.5) is 0 Å². The molecular weight excluding hydrogens is 186 g/mol. The standard InChI is InChI=1S/C13H19NO/c1-14(13-3-2-4-13)9-11-5-7-12(10-15)8-6-11/h5-8,13,15H,2-4,9-10H2,1H3. The Labute approximate surface area is 91.5 Å². The minimum atomic E-state index is 0.138. The van der Waals surface area contributed by atoms with E-state index in [-0.39, 0.29) is 6.61 Å². The first-order chi connectivity index (χ1) is 7.29. The van der Waals surface area contributed by atoms with Crippen LogP contribution in [0.25, 0.3) is 0 Å². The highest BCUT2D eigenvalue weighted by molar-refractivity contribution is 5.21. The maximum atomic E-state index is 8.94. The quantitative estimate of drug-likeness (QED) is 0.814. The smallest absolute Gasteiger partial charge is 0.0681 e. The average molecular weight is 205 g/mol. The summed E-state index contributed by atoms with van der Waals surface area (Å²) in [5, 5.41) is 8.94. The highest BCUT2D eigenvalue weighted by Crippen LogP contribution is 2.24. The lowest BCUT2D eigenvalue weighted by Crippen LogP contribution is -2.36. The lowest BCUT2D eigenvalue weighted by Gasteiger charge is -2.34. The highest BCUT2D eigenvalue weighted by Gasteiger charge is 2.21. The van der Waals surface area contributed by atoms with Gasteiger partial charge in [0.05, 0.1) is 6.61 Å². The predicted molar refractivity (Wildman–Crippen MR) is 61.5 cm³/mol. The van der Waals surface area contributed by atoms with Crippen molar-refractivity contribution in [2.75, 3.05) is 7.05 Å². The summed E-state index contributed by atoms with van der Waals surface area (Å²) in [7, 11) is 2.20. The van der Waals surface area contributed by atoms with E-state index in [9.17, 15) is 0 Å². The van der Waals surface area contributed by atoms with Crippen LogP contribution in [0.1, 0.15) is 30.4 Å². The first-order valence-electron chi connectivity index (χ1n) is 5.68. The van der Waals surface area contributed by atoms with Gasteiger partial charge in [-0.2, -0.15) is 0 Å². The molecule has 1 N–H and O–H groups in total. The van der Waals surface area contributed by atoms with E-state index in [4.69, 9.17) is 5.11 Å². The van der Waals surface area contributed by atoms with Gasteiger partial charge in [0.1, 0.15) is 0 Å². The Morgan fingerprint density at radius 2 is 1.80 bits per heavy atom. The summed E-state index contributed by atoms with van der Waals surface area (Å²) >= 11 is 0. The highest BCUT2D eigenvalue weighted by atomic mass is 16.3. The zero-order chi connectivity index (χ0) is 10.7. The lowest BCUT2D eigenvalue weighted by molar-refractivity contribution is 0.152. The molecule has 1 fully saturated rings. The van der Waals surface area contributed by atoms with E-state index in [0.717, 1.165) is 18.2 Å². The van der Waals surface area contributed by atoms with Crippen LogP contribution in [0.15, 0.2) is 24.3 Å². The fourth-order valence-electron chi connectivity index (χ4n) is 1.99. The molecule has 0 saturated heterocycles. The molecule has 2 nitrogen and oxygen atoms in total. The Morgan fingerprint density at radius 1 is 1.20 bits per heavy atom. The summed E-state index contributed by atoms with van der Waals surface area (Å²) in [5.74, 6) is 0. The zero-order valence-corrected chi connectivity index (χ0v) is 9.32. The second-order valence-corrected chi connectivity index (χ2v) is 4.47. The number of hydrogen-bond donors (Lipinski definition) is 1. The second-order valence-electron chi connectivity index (χ2n) is 4.47. The van der Waals surface area contributed by atoms with Crippen LogP contribution in [-0.4, -0.2) is 23.1 Å². The summed E-state index contributed by atoms with van der Waals surface area (Å²) in [6.45, 7) is 1.16. The zero-order valence-electron chi connectivity index (χ0n) is 9.32. The van der Waals surface area contributed by atoms with Gasteiger partial charge in [0, 0.05) is 12.6 Å². The summed E-state index contributed by atoms with van der Waals surface area (Å²) < 4.78 is 0. The number of rotatable bonds is 4. The van der Waals surface area contributed by atoms with E-state index in [1.165, 1.54) is 24.8 Å². The molecule has 0 bridgehead atoms. The van der Waals surface area contributed by atoms with Crippen molar-refractivity contribution >= 4 is 0 Å². The monoisotopic (exact) mass is 205 g/mol. The van der Waals surface area contributed by atoms with Crippen molar-refractivity contribution in [3.05, 3.63) is 35.4 Å². The summed E-state index contributed by atoms with van der Waals surface area (Å²) in [6, 6.07) is 9.03. The largest absolute Gasteiger partial charge is 0.392 e. The van der Waals surface area contributed by atoms with Crippen molar-refractivity contribution in [1.82, 2.24) is 4.90 Å². The Kier molecular flexibility index (Phi) is 3.39. The van der Waals surface area contributed by atoms with Crippen molar-refractivity contribution in [2.45, 2.75) is 38.5 Å². The first-order valence-corrected chi connectivity index (χ1v) is 5.68. The van der Waals surface area contributed by atoms with Gasteiger partial charge in [0.2, 0.25) is 0 Å². The summed E-state index contributed by atoms with van der Waals surface area (Å²) in [6.07, 6.45) is 4.09. The number of benzene rings is 1. The topological polar surface area (TPSA) is 23.5 Å². The molecule has 0 amide bonds. The van der Waals surface area contributed by atoms with E-state index < -0.39 is 0 Å². The van der Waals surface area contributed by atoms with Gasteiger partial charge in [-0.3, -0.25) is 4.90 Å². The maximum absolute atomic E-state index is 8.94. The van der Waals surface area contributed by atoms with Gasteiger partial charge >= 0.3 is 0 Å². The second kappa shape index (κ2) is 4.77. The van der Waals surface area contributed by atoms with Crippen LogP contribution in [-0.2, 0) is 13.2 Å². The molecule has 0 aliphatic heterocycles. The van der Waals surface area contributed by atoms with Crippen LogP contribution < -0.4 is 0 Å². The Morgan fingerprint density at radius 3 is 2.27 bits per heavy atom. The molecule has 1 aliphatic carbocycles. The molecule has 0 heterocycles. The van der Waals surface area contributed by atoms with Gasteiger partial charge in [-0.25, -0.2) is 0 Å². The van der Waals surface area contributed by atoms with Crippen LogP contribution in [0.5, 0.6) is 0 Å². The minimum Gasteiger partial charge on any atom is -0.392 e. The van der Waals surface area contributed by atoms with Crippen LogP contribution >= 0.6 is 0 Å². The van der Waals surface area contributed by atoms with Gasteiger partial charge < -0.3 is 5.11 Å². The Bertz CT molecular complexity index is 303. The van der Waals surface area contributed by atoms with Gasteiger partial charge in [-0.1, -0.05) is 30.7 Å². The van der Waals surface area contributed by atoms with Gasteiger partial charge in [0.25, 0.3) is 0 Å². The molecule has 2 rings (SSSR count). The summed E-state index contributed by atoms with van der Waals surface area (Å²) in [5.41, 5.74) is 2.33. The fraction of sp³-hybridized carbons (Fsp3) is 0.538. The molecule has 0 atom stereocenters. The van der Waals surface area contributed by atoms with E-state index >= 15 is 0 Å². The van der Waals surface area contributed by atoms with Gasteiger partial charge in [0.15, 0.2) is 0 Å². The van der Waals surface area contributed by atoms with Crippen molar-refractivity contribution in [1.29, 1.82) is 0 Å². The van der Waals surface area contributed by atoms with Crippen molar-refractivity contribution in [2.24, 2.45) is 0 Å². The van der Waals surface area contributed by atoms with Crippen molar-refractivity contribution in [3.8, 4) is 0 Å². The van der Waals surface area contributed by atoms with Crippen LogP contribution in [0.3, 0.4) is 0 Å². The van der Waals surface area contributed by atoms with E-state index in [0.29, 0.717) is 0 Å². The number of aliphatic hydroxyl groups is 1. The van der Waals surface area contributed by atoms with E-state index in [2.05, 4.69) is 24.1 Å².